The number of alkyl halides is 3. The van der Waals surface area contributed by atoms with E-state index in [4.69, 9.17) is 0 Å². The number of nitrogens with one attached hydrogen (secondary N) is 1. The van der Waals surface area contributed by atoms with Gasteiger partial charge in [-0.1, -0.05) is 13.3 Å². The van der Waals surface area contributed by atoms with Crippen LogP contribution in [0, 0.1) is 11.3 Å². The van der Waals surface area contributed by atoms with Crippen LogP contribution in [0.15, 0.2) is 12.1 Å². The smallest absolute Gasteiger partial charge is 0.324 e. The minimum atomic E-state index is -4.53. The third-order valence-corrected chi connectivity index (χ3v) is 5.21. The second-order valence-electron chi connectivity index (χ2n) is 6.56. The zero-order chi connectivity index (χ0) is 16.7. The fourth-order valence-corrected chi connectivity index (χ4v) is 3.46. The maximum atomic E-state index is 12.4. The molecule has 1 unspecified atom stereocenters. The standard InChI is InChI=1S/C15H19F3N4O/c1-10-5-8-22(9-14(10)6-2-7-14)13(23)19-12-4-3-11(20-21-12)15(16,17)18/h3-4,10H,2,5-9H2,1H3,(H,19,21,23). The van der Waals surface area contributed by atoms with Gasteiger partial charge in [0.2, 0.25) is 0 Å². The summed E-state index contributed by atoms with van der Waals surface area (Å²) in [5.74, 6) is 0.635. The number of halogens is 3. The zero-order valence-electron chi connectivity index (χ0n) is 12.9. The lowest BCUT2D eigenvalue weighted by molar-refractivity contribution is -0.141. The molecule has 1 aliphatic heterocycles. The Bertz CT molecular complexity index is 583. The lowest BCUT2D eigenvalue weighted by atomic mass is 9.59. The number of hydrogen-bond acceptors (Lipinski definition) is 3. The van der Waals surface area contributed by atoms with Crippen molar-refractivity contribution in [1.82, 2.24) is 15.1 Å². The summed E-state index contributed by atoms with van der Waals surface area (Å²) >= 11 is 0. The second kappa shape index (κ2) is 5.65. The van der Waals surface area contributed by atoms with Crippen LogP contribution in [0.3, 0.4) is 0 Å². The van der Waals surface area contributed by atoms with Gasteiger partial charge in [-0.15, -0.1) is 10.2 Å². The molecule has 0 radical (unpaired) electrons. The molecule has 2 fully saturated rings. The fraction of sp³-hybridized carbons (Fsp3) is 0.667. The third-order valence-electron chi connectivity index (χ3n) is 5.21. The Morgan fingerprint density at radius 3 is 2.61 bits per heavy atom. The Balaban J connectivity index is 1.63. The highest BCUT2D eigenvalue weighted by atomic mass is 19.4. The summed E-state index contributed by atoms with van der Waals surface area (Å²) in [6.45, 7) is 3.59. The number of carbonyl (C=O) groups excluding carboxylic acids is 1. The molecule has 23 heavy (non-hydrogen) atoms. The van der Waals surface area contributed by atoms with Gasteiger partial charge in [0.25, 0.3) is 0 Å². The number of carbonyl (C=O) groups is 1. The maximum Gasteiger partial charge on any atom is 0.435 e. The SMILES string of the molecule is CC1CCN(C(=O)Nc2ccc(C(F)(F)F)nn2)CC12CCC2. The molecule has 5 nitrogen and oxygen atoms in total. The summed E-state index contributed by atoms with van der Waals surface area (Å²) < 4.78 is 37.3. The maximum absolute atomic E-state index is 12.4. The van der Waals surface area contributed by atoms with E-state index in [0.29, 0.717) is 19.0 Å². The van der Waals surface area contributed by atoms with E-state index in [9.17, 15) is 18.0 Å². The van der Waals surface area contributed by atoms with E-state index in [2.05, 4.69) is 22.4 Å². The van der Waals surface area contributed by atoms with Crippen LogP contribution in [0.1, 0.15) is 38.3 Å². The van der Waals surface area contributed by atoms with Gasteiger partial charge in [0.1, 0.15) is 0 Å². The van der Waals surface area contributed by atoms with E-state index in [1.54, 1.807) is 4.90 Å². The van der Waals surface area contributed by atoms with Gasteiger partial charge in [-0.3, -0.25) is 5.32 Å². The van der Waals surface area contributed by atoms with Crippen LogP contribution >= 0.6 is 0 Å². The molecule has 1 spiro atoms. The normalized spacial score (nSPS) is 23.5. The second-order valence-corrected chi connectivity index (χ2v) is 6.56. The summed E-state index contributed by atoms with van der Waals surface area (Å²) in [5.41, 5.74) is -0.850. The quantitative estimate of drug-likeness (QED) is 0.858. The first-order chi connectivity index (χ1) is 10.8. The number of aromatic nitrogens is 2. The van der Waals surface area contributed by atoms with E-state index >= 15 is 0 Å². The summed E-state index contributed by atoms with van der Waals surface area (Å²) in [4.78, 5) is 14.0. The predicted molar refractivity (Wildman–Crippen MR) is 77.7 cm³/mol. The molecule has 1 N–H and O–H groups in total. The third kappa shape index (κ3) is 3.11. The number of anilines is 1. The highest BCUT2D eigenvalue weighted by Gasteiger charge is 2.46. The van der Waals surface area contributed by atoms with Gasteiger partial charge in [0.05, 0.1) is 0 Å². The number of amides is 2. The van der Waals surface area contributed by atoms with Gasteiger partial charge in [-0.05, 0) is 42.7 Å². The van der Waals surface area contributed by atoms with Crippen LogP contribution < -0.4 is 5.32 Å². The first kappa shape index (κ1) is 16.0. The highest BCUT2D eigenvalue weighted by molar-refractivity contribution is 5.88. The average Bonchev–Trinajstić information content (AvgIpc) is 2.45. The molecule has 126 valence electrons. The molecule has 1 saturated heterocycles. The number of nitrogens with zero attached hydrogens (tertiary/aromatic N) is 3. The van der Waals surface area contributed by atoms with Crippen molar-refractivity contribution in [3.63, 3.8) is 0 Å². The monoisotopic (exact) mass is 328 g/mol. The number of rotatable bonds is 1. The van der Waals surface area contributed by atoms with Gasteiger partial charge >= 0.3 is 12.2 Å². The number of likely N-dealkylation sites (tertiary alicyclic amines) is 1. The minimum Gasteiger partial charge on any atom is -0.324 e. The largest absolute Gasteiger partial charge is 0.435 e. The van der Waals surface area contributed by atoms with Crippen molar-refractivity contribution in [3.8, 4) is 0 Å². The summed E-state index contributed by atoms with van der Waals surface area (Å²) in [6.07, 6.45) is -0.110. The van der Waals surface area contributed by atoms with E-state index in [1.807, 2.05) is 0 Å². The lowest BCUT2D eigenvalue weighted by Gasteiger charge is -2.52. The summed E-state index contributed by atoms with van der Waals surface area (Å²) in [5, 5.41) is 9.08. The Morgan fingerprint density at radius 1 is 1.35 bits per heavy atom. The number of piperidine rings is 1. The van der Waals surface area contributed by atoms with Gasteiger partial charge in [-0.25, -0.2) is 4.79 Å². The van der Waals surface area contributed by atoms with Gasteiger partial charge in [0.15, 0.2) is 11.5 Å². The first-order valence-electron chi connectivity index (χ1n) is 7.77. The molecule has 2 amide bonds. The molecule has 0 bridgehead atoms. The van der Waals surface area contributed by atoms with Gasteiger partial charge in [0, 0.05) is 13.1 Å². The van der Waals surface area contributed by atoms with Crippen LogP contribution in [0.2, 0.25) is 0 Å². The van der Waals surface area contributed by atoms with Crippen molar-refractivity contribution in [2.75, 3.05) is 18.4 Å². The molecule has 1 aliphatic carbocycles. The molecular formula is C15H19F3N4O. The molecule has 1 atom stereocenters. The lowest BCUT2D eigenvalue weighted by Crippen LogP contribution is -2.54. The fourth-order valence-electron chi connectivity index (χ4n) is 3.46. The van der Waals surface area contributed by atoms with Crippen molar-refractivity contribution in [2.45, 2.75) is 38.8 Å². The van der Waals surface area contributed by atoms with Crippen molar-refractivity contribution < 1.29 is 18.0 Å². The molecule has 2 aliphatic rings. The van der Waals surface area contributed by atoms with Crippen LogP contribution in [0.5, 0.6) is 0 Å². The van der Waals surface area contributed by atoms with E-state index < -0.39 is 11.9 Å². The summed E-state index contributed by atoms with van der Waals surface area (Å²) in [7, 11) is 0. The molecule has 1 aromatic heterocycles. The number of hydrogen-bond donors (Lipinski definition) is 1. The molecule has 2 heterocycles. The molecular weight excluding hydrogens is 309 g/mol. The topological polar surface area (TPSA) is 58.1 Å². The summed E-state index contributed by atoms with van der Waals surface area (Å²) in [6, 6.07) is 1.62. The molecule has 8 heteroatoms. The Morgan fingerprint density at radius 2 is 2.09 bits per heavy atom. The molecule has 1 aromatic rings. The van der Waals surface area contributed by atoms with E-state index in [1.165, 1.54) is 6.42 Å². The van der Waals surface area contributed by atoms with E-state index in [-0.39, 0.29) is 17.3 Å². The molecule has 1 saturated carbocycles. The molecule has 0 aromatic carbocycles. The van der Waals surface area contributed by atoms with Crippen molar-refractivity contribution in [2.24, 2.45) is 11.3 Å². The van der Waals surface area contributed by atoms with Crippen molar-refractivity contribution >= 4 is 11.8 Å². The van der Waals surface area contributed by atoms with Crippen LogP contribution in [0.4, 0.5) is 23.8 Å². The predicted octanol–water partition coefficient (Wildman–Crippen LogP) is 3.54. The zero-order valence-corrected chi connectivity index (χ0v) is 12.9. The minimum absolute atomic E-state index is 0.0317. The Labute approximate surface area is 132 Å². The highest BCUT2D eigenvalue weighted by Crippen LogP contribution is 2.50. The van der Waals surface area contributed by atoms with Gasteiger partial charge in [-0.2, -0.15) is 13.2 Å². The van der Waals surface area contributed by atoms with Crippen molar-refractivity contribution in [3.05, 3.63) is 17.8 Å². The van der Waals surface area contributed by atoms with Crippen LogP contribution in [-0.4, -0.2) is 34.2 Å². The molecule has 3 rings (SSSR count). The average molecular weight is 328 g/mol. The van der Waals surface area contributed by atoms with Crippen molar-refractivity contribution in [1.29, 1.82) is 0 Å². The van der Waals surface area contributed by atoms with Crippen LogP contribution in [-0.2, 0) is 6.18 Å². The van der Waals surface area contributed by atoms with E-state index in [0.717, 1.165) is 31.4 Å². The first-order valence-corrected chi connectivity index (χ1v) is 7.77. The number of urea groups is 1. The van der Waals surface area contributed by atoms with Gasteiger partial charge < -0.3 is 4.90 Å². The Hall–Kier alpha value is -1.86. The van der Waals surface area contributed by atoms with Crippen LogP contribution in [0.25, 0.3) is 0 Å². The Kier molecular flexibility index (Phi) is 3.93.